The van der Waals surface area contributed by atoms with Gasteiger partial charge in [-0.3, -0.25) is 0 Å². The van der Waals surface area contributed by atoms with Crippen molar-refractivity contribution in [1.82, 2.24) is 0 Å². The molecule has 3 heteroatoms. The van der Waals surface area contributed by atoms with Crippen LogP contribution in [0.3, 0.4) is 0 Å². The topological polar surface area (TPSA) is 6.48 Å². The van der Waals surface area contributed by atoms with E-state index in [1.165, 1.54) is 75.1 Å². The lowest BCUT2D eigenvalue weighted by Crippen LogP contribution is -2.12. The van der Waals surface area contributed by atoms with Gasteiger partial charge in [-0.05, 0) is 139 Å². The molecule has 0 amide bonds. The van der Waals surface area contributed by atoms with Crippen LogP contribution in [0.15, 0.2) is 279 Å². The molecule has 0 saturated heterocycles. The van der Waals surface area contributed by atoms with Gasteiger partial charge in [0, 0.05) is 54.2 Å². The fourth-order valence-corrected chi connectivity index (χ4v) is 11.5. The van der Waals surface area contributed by atoms with Gasteiger partial charge >= 0.3 is 0 Å². The summed E-state index contributed by atoms with van der Waals surface area (Å²) in [6, 6.07) is 102. The summed E-state index contributed by atoms with van der Waals surface area (Å²) in [5.41, 5.74) is 15.9. The van der Waals surface area contributed by atoms with Gasteiger partial charge in [0.05, 0.1) is 5.69 Å². The fourth-order valence-electron chi connectivity index (χ4n) is 10.3. The average Bonchev–Trinajstić information content (AvgIpc) is 3.80. The smallest absolute Gasteiger partial charge is 0.0540 e. The minimum absolute atomic E-state index is 1.08. The lowest BCUT2D eigenvalue weighted by atomic mass is 9.97. The van der Waals surface area contributed by atoms with E-state index in [2.05, 4.69) is 289 Å². The highest BCUT2D eigenvalue weighted by Gasteiger charge is 2.21. The summed E-state index contributed by atoms with van der Waals surface area (Å²) in [5, 5.41) is 7.58. The summed E-state index contributed by atoms with van der Waals surface area (Å²) in [6.07, 6.45) is 0. The zero-order valence-corrected chi connectivity index (χ0v) is 39.7. The Labute approximate surface area is 418 Å². The average molecular weight is 923 g/mol. The van der Waals surface area contributed by atoms with E-state index in [0.29, 0.717) is 0 Å². The molecule has 1 aromatic heterocycles. The van der Waals surface area contributed by atoms with Crippen molar-refractivity contribution in [3.63, 3.8) is 0 Å². The standard InChI is InChI=1S/C68H46N2S/c1-3-16-47(17-4-1)49-32-36-56(37-33-49)69(60-40-41-64-65-44-52-21-7-8-22-53(52)45-67(65)71-68(64)46-60)58-26-14-25-55(43-58)63-29-11-12-31-66(63)70(57-38-34-50(35-39-57)48-18-5-2-6-19-48)59-27-13-24-54(42-59)62-30-15-23-51-20-9-10-28-61(51)62/h1-46H. The Bertz CT molecular complexity index is 4040. The van der Waals surface area contributed by atoms with Gasteiger partial charge in [-0.2, -0.15) is 0 Å². The van der Waals surface area contributed by atoms with Crippen molar-refractivity contribution >= 4 is 87.2 Å². The Hall–Kier alpha value is -9.02. The maximum absolute atomic E-state index is 2.42. The third kappa shape index (κ3) is 7.99. The second kappa shape index (κ2) is 18.1. The largest absolute Gasteiger partial charge is 0.310 e. The summed E-state index contributed by atoms with van der Waals surface area (Å²) in [6.45, 7) is 0. The van der Waals surface area contributed by atoms with E-state index < -0.39 is 0 Å². The van der Waals surface area contributed by atoms with Crippen LogP contribution >= 0.6 is 11.3 Å². The molecule has 0 saturated carbocycles. The minimum Gasteiger partial charge on any atom is -0.310 e. The first kappa shape index (κ1) is 42.1. The third-order valence-corrected chi connectivity index (χ3v) is 14.9. The molecule has 0 aliphatic heterocycles. The second-order valence-electron chi connectivity index (χ2n) is 18.1. The van der Waals surface area contributed by atoms with Gasteiger partial charge in [0.2, 0.25) is 0 Å². The van der Waals surface area contributed by atoms with Crippen molar-refractivity contribution < 1.29 is 0 Å². The second-order valence-corrected chi connectivity index (χ2v) is 19.2. The van der Waals surface area contributed by atoms with Crippen molar-refractivity contribution in [1.29, 1.82) is 0 Å². The molecule has 0 N–H and O–H groups in total. The highest BCUT2D eigenvalue weighted by Crippen LogP contribution is 2.46. The van der Waals surface area contributed by atoms with E-state index in [1.807, 2.05) is 11.3 Å². The van der Waals surface area contributed by atoms with Crippen LogP contribution in [0.4, 0.5) is 34.1 Å². The molecular weight excluding hydrogens is 877 g/mol. The van der Waals surface area contributed by atoms with Gasteiger partial charge in [-0.15, -0.1) is 11.3 Å². The van der Waals surface area contributed by atoms with Gasteiger partial charge in [0.15, 0.2) is 0 Å². The quantitative estimate of drug-likeness (QED) is 0.135. The molecule has 2 nitrogen and oxygen atoms in total. The Kier molecular flexibility index (Phi) is 10.8. The first-order valence-corrected chi connectivity index (χ1v) is 25.0. The van der Waals surface area contributed by atoms with Crippen LogP contribution in [0.5, 0.6) is 0 Å². The summed E-state index contributed by atoms with van der Waals surface area (Å²) in [5.74, 6) is 0. The monoisotopic (exact) mass is 922 g/mol. The molecule has 0 fully saturated rings. The van der Waals surface area contributed by atoms with Crippen LogP contribution in [-0.4, -0.2) is 0 Å². The first-order valence-electron chi connectivity index (χ1n) is 24.2. The van der Waals surface area contributed by atoms with E-state index >= 15 is 0 Å². The molecule has 0 radical (unpaired) electrons. The molecule has 1 heterocycles. The number of fused-ring (bicyclic) bond motifs is 5. The van der Waals surface area contributed by atoms with Crippen LogP contribution < -0.4 is 9.80 Å². The van der Waals surface area contributed by atoms with Crippen LogP contribution in [0, 0.1) is 0 Å². The lowest BCUT2D eigenvalue weighted by Gasteiger charge is -2.29. The van der Waals surface area contributed by atoms with Gasteiger partial charge in [0.25, 0.3) is 0 Å². The zero-order chi connectivity index (χ0) is 47.1. The number of benzene rings is 12. The van der Waals surface area contributed by atoms with Crippen LogP contribution in [0.1, 0.15) is 0 Å². The number of hydrogen-bond acceptors (Lipinski definition) is 3. The molecule has 13 aromatic rings. The number of thiophene rings is 1. The predicted molar refractivity (Wildman–Crippen MR) is 305 cm³/mol. The highest BCUT2D eigenvalue weighted by atomic mass is 32.1. The zero-order valence-electron chi connectivity index (χ0n) is 38.9. The Morgan fingerprint density at radius 3 is 1.37 bits per heavy atom. The fraction of sp³-hybridized carbons (Fsp3) is 0. The molecule has 0 spiro atoms. The molecule has 13 rings (SSSR count). The number of anilines is 6. The van der Waals surface area contributed by atoms with Crippen molar-refractivity contribution in [2.45, 2.75) is 0 Å². The number of hydrogen-bond donors (Lipinski definition) is 0. The maximum Gasteiger partial charge on any atom is 0.0540 e. The van der Waals surface area contributed by atoms with Crippen LogP contribution in [0.2, 0.25) is 0 Å². The SMILES string of the molecule is c1ccc(-c2ccc(N(c3cccc(-c4ccccc4N(c4ccc(-c5ccccc5)cc4)c4cccc(-c5cccc6ccccc56)c4)c3)c3ccc4c(c3)sc3cc5ccccc5cc34)cc2)cc1. The molecule has 334 valence electrons. The van der Waals surface area contributed by atoms with Gasteiger partial charge in [0.1, 0.15) is 0 Å². The molecule has 0 bridgehead atoms. The lowest BCUT2D eigenvalue weighted by molar-refractivity contribution is 1.28. The first-order chi connectivity index (χ1) is 35.2. The molecule has 0 aliphatic rings. The van der Waals surface area contributed by atoms with Crippen molar-refractivity contribution in [3.05, 3.63) is 279 Å². The van der Waals surface area contributed by atoms with Crippen molar-refractivity contribution in [3.8, 4) is 44.5 Å². The summed E-state index contributed by atoms with van der Waals surface area (Å²) >= 11 is 1.87. The highest BCUT2D eigenvalue weighted by molar-refractivity contribution is 7.26. The molecule has 0 unspecified atom stereocenters. The Morgan fingerprint density at radius 1 is 0.225 bits per heavy atom. The summed E-state index contributed by atoms with van der Waals surface area (Å²) in [7, 11) is 0. The predicted octanol–water partition coefficient (Wildman–Crippen LogP) is 20.0. The number of para-hydroxylation sites is 1. The molecule has 71 heavy (non-hydrogen) atoms. The molecule has 0 aliphatic carbocycles. The van der Waals surface area contributed by atoms with Gasteiger partial charge in [-0.25, -0.2) is 0 Å². The van der Waals surface area contributed by atoms with E-state index in [9.17, 15) is 0 Å². The Balaban J connectivity index is 0.955. The van der Waals surface area contributed by atoms with Crippen LogP contribution in [0.25, 0.3) is 86.2 Å². The minimum atomic E-state index is 1.08. The van der Waals surface area contributed by atoms with Crippen LogP contribution in [-0.2, 0) is 0 Å². The van der Waals surface area contributed by atoms with Crippen molar-refractivity contribution in [2.24, 2.45) is 0 Å². The molecule has 12 aromatic carbocycles. The van der Waals surface area contributed by atoms with E-state index in [4.69, 9.17) is 0 Å². The van der Waals surface area contributed by atoms with Gasteiger partial charge < -0.3 is 9.80 Å². The summed E-state index contributed by atoms with van der Waals surface area (Å²) in [4.78, 5) is 4.83. The van der Waals surface area contributed by atoms with E-state index in [0.717, 1.165) is 45.3 Å². The normalized spacial score (nSPS) is 11.4. The van der Waals surface area contributed by atoms with E-state index in [-0.39, 0.29) is 0 Å². The summed E-state index contributed by atoms with van der Waals surface area (Å²) < 4.78 is 2.56. The molecular formula is C68H46N2S. The Morgan fingerprint density at radius 2 is 0.676 bits per heavy atom. The molecule has 0 atom stereocenters. The number of nitrogens with zero attached hydrogens (tertiary/aromatic N) is 2. The van der Waals surface area contributed by atoms with Crippen molar-refractivity contribution in [2.75, 3.05) is 9.80 Å². The van der Waals surface area contributed by atoms with E-state index in [1.54, 1.807) is 0 Å². The third-order valence-electron chi connectivity index (χ3n) is 13.8. The number of rotatable bonds is 10. The van der Waals surface area contributed by atoms with Gasteiger partial charge in [-0.1, -0.05) is 200 Å². The maximum atomic E-state index is 2.42.